The summed E-state index contributed by atoms with van der Waals surface area (Å²) in [6.07, 6.45) is 0. The minimum absolute atomic E-state index is 0.779. The lowest BCUT2D eigenvalue weighted by molar-refractivity contribution is 0.983. The van der Waals surface area contributed by atoms with Gasteiger partial charge in [0.1, 0.15) is 0 Å². The zero-order chi connectivity index (χ0) is 20.3. The fraction of sp³-hybridized carbons (Fsp3) is 0.0370. The quantitative estimate of drug-likeness (QED) is 0.369. The van der Waals surface area contributed by atoms with Crippen molar-refractivity contribution < 1.29 is 0 Å². The summed E-state index contributed by atoms with van der Waals surface area (Å²) >= 11 is 6.42. The lowest BCUT2D eigenvalue weighted by Crippen LogP contribution is -2.72. The minimum atomic E-state index is -2.45. The van der Waals surface area contributed by atoms with Gasteiger partial charge in [-0.05, 0) is 38.4 Å². The molecule has 0 aliphatic carbocycles. The molecule has 0 radical (unpaired) electrons. The highest BCUT2D eigenvalue weighted by Crippen LogP contribution is 2.35. The summed E-state index contributed by atoms with van der Waals surface area (Å²) in [5, 5.41) is 7.89. The standard InChI is InChI=1S/C27H20ClNSi/c1-29-24-18-19(28)16-17-22(24)27-26(29)23-14-8-9-15-25(23)30(27,20-10-4-2-5-11-20)21-12-6-3-7-13-21/h2-18H,1H3. The molecule has 1 aliphatic rings. The van der Waals surface area contributed by atoms with Crippen LogP contribution in [0.3, 0.4) is 0 Å². The van der Waals surface area contributed by atoms with Crippen LogP contribution in [0.2, 0.25) is 5.02 Å². The van der Waals surface area contributed by atoms with Crippen LogP contribution in [0.4, 0.5) is 0 Å². The number of fused-ring (bicyclic) bond motifs is 5. The van der Waals surface area contributed by atoms with Crippen molar-refractivity contribution >= 4 is 51.3 Å². The van der Waals surface area contributed by atoms with Gasteiger partial charge in [-0.3, -0.25) is 0 Å². The molecule has 1 nitrogen and oxygen atoms in total. The molecule has 1 aliphatic heterocycles. The van der Waals surface area contributed by atoms with E-state index in [1.807, 2.05) is 6.07 Å². The molecule has 0 atom stereocenters. The zero-order valence-corrected chi connectivity index (χ0v) is 18.4. The van der Waals surface area contributed by atoms with Gasteiger partial charge in [-0.25, -0.2) is 0 Å². The van der Waals surface area contributed by atoms with Gasteiger partial charge in [-0.1, -0.05) is 103 Å². The Hall–Kier alpha value is -3.07. The van der Waals surface area contributed by atoms with Gasteiger partial charge >= 0.3 is 0 Å². The maximum Gasteiger partial charge on any atom is 0.183 e. The minimum Gasteiger partial charge on any atom is -0.344 e. The summed E-state index contributed by atoms with van der Waals surface area (Å²) in [5.41, 5.74) is 3.88. The second-order valence-electron chi connectivity index (χ2n) is 7.97. The summed E-state index contributed by atoms with van der Waals surface area (Å²) in [5.74, 6) is 0. The van der Waals surface area contributed by atoms with E-state index in [2.05, 4.69) is 109 Å². The monoisotopic (exact) mass is 421 g/mol. The van der Waals surface area contributed by atoms with Crippen molar-refractivity contribution in [3.05, 3.63) is 108 Å². The molecule has 0 N–H and O–H groups in total. The molecular formula is C27H20ClNSi. The van der Waals surface area contributed by atoms with Gasteiger partial charge in [0.2, 0.25) is 0 Å². The van der Waals surface area contributed by atoms with Gasteiger partial charge in [-0.15, -0.1) is 0 Å². The Morgan fingerprint density at radius 1 is 0.700 bits per heavy atom. The Kier molecular flexibility index (Phi) is 3.83. The van der Waals surface area contributed by atoms with E-state index in [1.54, 1.807) is 0 Å². The Morgan fingerprint density at radius 2 is 1.30 bits per heavy atom. The van der Waals surface area contributed by atoms with Crippen LogP contribution < -0.4 is 20.7 Å². The highest BCUT2D eigenvalue weighted by molar-refractivity contribution is 7.23. The maximum absolute atomic E-state index is 6.42. The molecule has 144 valence electrons. The molecule has 1 aromatic heterocycles. The first kappa shape index (κ1) is 17.8. The first-order valence-corrected chi connectivity index (χ1v) is 12.6. The Bertz CT molecular complexity index is 1360. The lowest BCUT2D eigenvalue weighted by atomic mass is 10.1. The van der Waals surface area contributed by atoms with Crippen molar-refractivity contribution in [3.8, 4) is 11.3 Å². The van der Waals surface area contributed by atoms with Crippen LogP contribution in [0, 0.1) is 0 Å². The number of aryl methyl sites for hydroxylation is 1. The van der Waals surface area contributed by atoms with Gasteiger partial charge in [0.25, 0.3) is 0 Å². The second kappa shape index (κ2) is 6.46. The molecule has 3 heteroatoms. The first-order valence-electron chi connectivity index (χ1n) is 10.2. The number of hydrogen-bond acceptors (Lipinski definition) is 0. The van der Waals surface area contributed by atoms with E-state index in [1.165, 1.54) is 42.9 Å². The Balaban J connectivity index is 1.89. The highest BCUT2D eigenvalue weighted by atomic mass is 35.5. The Morgan fingerprint density at radius 3 is 1.97 bits per heavy atom. The predicted octanol–water partition coefficient (Wildman–Crippen LogP) is 4.19. The maximum atomic E-state index is 6.42. The third kappa shape index (κ3) is 2.18. The zero-order valence-electron chi connectivity index (χ0n) is 16.6. The van der Waals surface area contributed by atoms with Crippen molar-refractivity contribution in [2.45, 2.75) is 0 Å². The normalized spacial score (nSPS) is 13.9. The van der Waals surface area contributed by atoms with E-state index in [4.69, 9.17) is 11.6 Å². The summed E-state index contributed by atoms with van der Waals surface area (Å²) in [7, 11) is -0.275. The van der Waals surface area contributed by atoms with Crippen LogP contribution in [-0.4, -0.2) is 12.6 Å². The number of benzene rings is 4. The molecule has 0 saturated heterocycles. The van der Waals surface area contributed by atoms with E-state index >= 15 is 0 Å². The van der Waals surface area contributed by atoms with E-state index in [0.717, 1.165) is 5.02 Å². The van der Waals surface area contributed by atoms with Crippen molar-refractivity contribution in [1.82, 2.24) is 4.57 Å². The number of rotatable bonds is 2. The largest absolute Gasteiger partial charge is 0.344 e. The van der Waals surface area contributed by atoms with Crippen LogP contribution in [0.1, 0.15) is 0 Å². The summed E-state index contributed by atoms with van der Waals surface area (Å²) in [6.45, 7) is 0. The van der Waals surface area contributed by atoms with Crippen LogP contribution in [0.15, 0.2) is 103 Å². The van der Waals surface area contributed by atoms with Crippen molar-refractivity contribution in [2.75, 3.05) is 0 Å². The SMILES string of the molecule is Cn1c2c(c3ccc(Cl)cc31)[Si](c1ccccc1)(c1ccccc1)c1ccccc1-2. The summed E-state index contributed by atoms with van der Waals surface area (Å²) in [4.78, 5) is 0. The average Bonchev–Trinajstić information content (AvgIpc) is 3.26. The Labute approximate surface area is 182 Å². The van der Waals surface area contributed by atoms with E-state index < -0.39 is 8.07 Å². The van der Waals surface area contributed by atoms with Gasteiger partial charge in [0.15, 0.2) is 8.07 Å². The summed E-state index contributed by atoms with van der Waals surface area (Å²) < 4.78 is 2.34. The number of hydrogen-bond donors (Lipinski definition) is 0. The van der Waals surface area contributed by atoms with Crippen LogP contribution in [0.5, 0.6) is 0 Å². The molecular weight excluding hydrogens is 402 g/mol. The van der Waals surface area contributed by atoms with Crippen molar-refractivity contribution in [3.63, 3.8) is 0 Å². The molecule has 0 bridgehead atoms. The van der Waals surface area contributed by atoms with Gasteiger partial charge < -0.3 is 4.57 Å². The number of aromatic nitrogens is 1. The molecule has 6 rings (SSSR count). The molecule has 30 heavy (non-hydrogen) atoms. The van der Waals surface area contributed by atoms with E-state index in [0.29, 0.717) is 0 Å². The van der Waals surface area contributed by atoms with Gasteiger partial charge in [-0.2, -0.15) is 0 Å². The highest BCUT2D eigenvalue weighted by Gasteiger charge is 2.51. The number of halogens is 1. The molecule has 0 fully saturated rings. The molecule has 0 unspecified atom stereocenters. The summed E-state index contributed by atoms with van der Waals surface area (Å²) in [6, 6.07) is 37.5. The third-order valence-electron chi connectivity index (χ3n) is 6.54. The van der Waals surface area contributed by atoms with E-state index in [9.17, 15) is 0 Å². The molecule has 5 aromatic rings. The third-order valence-corrected chi connectivity index (χ3v) is 11.7. The molecule has 2 heterocycles. The topological polar surface area (TPSA) is 4.93 Å². The molecule has 4 aromatic carbocycles. The molecule has 0 amide bonds. The molecule has 0 spiro atoms. The van der Waals surface area contributed by atoms with Crippen LogP contribution in [0.25, 0.3) is 22.2 Å². The number of nitrogens with zero attached hydrogens (tertiary/aromatic N) is 1. The van der Waals surface area contributed by atoms with Gasteiger partial charge in [0.05, 0.1) is 0 Å². The second-order valence-corrected chi connectivity index (χ2v) is 12.1. The molecule has 0 saturated carbocycles. The van der Waals surface area contributed by atoms with Crippen LogP contribution in [-0.2, 0) is 7.05 Å². The van der Waals surface area contributed by atoms with E-state index in [-0.39, 0.29) is 0 Å². The average molecular weight is 422 g/mol. The van der Waals surface area contributed by atoms with Crippen molar-refractivity contribution in [2.24, 2.45) is 7.05 Å². The predicted molar refractivity (Wildman–Crippen MR) is 131 cm³/mol. The fourth-order valence-corrected chi connectivity index (χ4v) is 11.0. The lowest BCUT2D eigenvalue weighted by Gasteiger charge is -2.31. The van der Waals surface area contributed by atoms with Gasteiger partial charge in [0, 0.05) is 28.7 Å². The fourth-order valence-electron chi connectivity index (χ4n) is 5.40. The van der Waals surface area contributed by atoms with Crippen LogP contribution >= 0.6 is 11.6 Å². The van der Waals surface area contributed by atoms with Crippen molar-refractivity contribution in [1.29, 1.82) is 0 Å². The first-order chi connectivity index (χ1) is 14.7. The smallest absolute Gasteiger partial charge is 0.183 e.